The quantitative estimate of drug-likeness (QED) is 0.701. The van der Waals surface area contributed by atoms with Gasteiger partial charge in [0, 0.05) is 11.5 Å². The van der Waals surface area contributed by atoms with Crippen LogP contribution in [0.25, 0.3) is 0 Å². The molecule has 0 radical (unpaired) electrons. The molecule has 1 heterocycles. The number of hydrogen-bond acceptors (Lipinski definition) is 3. The zero-order chi connectivity index (χ0) is 18.0. The second-order valence-electron chi connectivity index (χ2n) is 6.97. The fourth-order valence-corrected chi connectivity index (χ4v) is 3.66. The van der Waals surface area contributed by atoms with Gasteiger partial charge < -0.3 is 14.2 Å². The maximum Gasteiger partial charge on any atom is 0.387 e. The molecule has 7 heteroatoms. The zero-order valence-corrected chi connectivity index (χ0v) is 14.0. The number of halogens is 4. The Kier molecular flexibility index (Phi) is 5.84. The van der Waals surface area contributed by atoms with Crippen LogP contribution in [0, 0.1) is 29.4 Å². The summed E-state index contributed by atoms with van der Waals surface area (Å²) in [4.78, 5) is 0. The molecule has 0 bridgehead atoms. The fraction of sp³-hybridized carbons (Fsp3) is 0.667. The average Bonchev–Trinajstić information content (AvgIpc) is 2.59. The normalized spacial score (nSPS) is 30.5. The molecule has 1 aromatic carbocycles. The highest BCUT2D eigenvalue weighted by atomic mass is 19.3. The Morgan fingerprint density at radius 2 is 1.52 bits per heavy atom. The highest BCUT2D eigenvalue weighted by Crippen LogP contribution is 2.38. The lowest BCUT2D eigenvalue weighted by molar-refractivity contribution is -0.214. The molecule has 1 saturated carbocycles. The Hall–Kier alpha value is -1.34. The van der Waals surface area contributed by atoms with E-state index in [1.165, 1.54) is 12.8 Å². The molecule has 1 aromatic rings. The van der Waals surface area contributed by atoms with E-state index in [9.17, 15) is 17.6 Å². The summed E-state index contributed by atoms with van der Waals surface area (Å²) in [7, 11) is 0. The minimum absolute atomic E-state index is 0.118. The third kappa shape index (κ3) is 4.44. The van der Waals surface area contributed by atoms with E-state index in [1.54, 1.807) is 0 Å². The number of ether oxygens (including phenoxy) is 3. The van der Waals surface area contributed by atoms with Crippen molar-refractivity contribution < 1.29 is 31.8 Å². The minimum Gasteiger partial charge on any atom is -0.429 e. The standard InChI is InChI=1S/C18H22F4O3/c1-10-2-4-11(5-3-10)13-8-23-17(24-9-13)12-6-14(19)16(15(20)7-12)25-18(21)22/h6-7,10-11,13,17-18H,2-5,8-9H2,1H3. The highest BCUT2D eigenvalue weighted by molar-refractivity contribution is 5.32. The lowest BCUT2D eigenvalue weighted by atomic mass is 9.76. The van der Waals surface area contributed by atoms with Crippen molar-refractivity contribution in [3.05, 3.63) is 29.3 Å². The van der Waals surface area contributed by atoms with Gasteiger partial charge in [-0.05, 0) is 36.8 Å². The molecule has 2 fully saturated rings. The molecule has 2 aliphatic rings. The van der Waals surface area contributed by atoms with Gasteiger partial charge in [-0.25, -0.2) is 8.78 Å². The van der Waals surface area contributed by atoms with Crippen molar-refractivity contribution >= 4 is 0 Å². The Bertz CT molecular complexity index is 557. The van der Waals surface area contributed by atoms with E-state index >= 15 is 0 Å². The molecule has 0 unspecified atom stereocenters. The van der Waals surface area contributed by atoms with Gasteiger partial charge in [0.15, 0.2) is 23.7 Å². The molecule has 0 aromatic heterocycles. The highest BCUT2D eigenvalue weighted by Gasteiger charge is 2.32. The van der Waals surface area contributed by atoms with E-state index in [1.807, 2.05) is 0 Å². The summed E-state index contributed by atoms with van der Waals surface area (Å²) >= 11 is 0. The van der Waals surface area contributed by atoms with Crippen LogP contribution in [-0.2, 0) is 9.47 Å². The predicted octanol–water partition coefficient (Wildman–Crippen LogP) is 5.05. The summed E-state index contributed by atoms with van der Waals surface area (Å²) in [5, 5.41) is 0. The van der Waals surface area contributed by atoms with E-state index < -0.39 is 30.3 Å². The molecular weight excluding hydrogens is 340 g/mol. The van der Waals surface area contributed by atoms with Crippen molar-refractivity contribution in [2.45, 2.75) is 45.5 Å². The van der Waals surface area contributed by atoms with Crippen molar-refractivity contribution in [3.8, 4) is 5.75 Å². The molecule has 1 aliphatic carbocycles. The summed E-state index contributed by atoms with van der Waals surface area (Å²) in [6.07, 6.45) is 3.79. The molecule has 0 N–H and O–H groups in total. The van der Waals surface area contributed by atoms with E-state index in [-0.39, 0.29) is 11.5 Å². The first-order valence-corrected chi connectivity index (χ1v) is 8.61. The van der Waals surface area contributed by atoms with Gasteiger partial charge in [0.1, 0.15) is 0 Å². The van der Waals surface area contributed by atoms with E-state index in [0.29, 0.717) is 19.1 Å². The second-order valence-corrected chi connectivity index (χ2v) is 6.97. The summed E-state index contributed by atoms with van der Waals surface area (Å²) < 4.78 is 67.1. The molecule has 1 saturated heterocycles. The van der Waals surface area contributed by atoms with Crippen LogP contribution in [0.3, 0.4) is 0 Å². The number of alkyl halides is 2. The molecular formula is C18H22F4O3. The molecule has 3 nitrogen and oxygen atoms in total. The zero-order valence-electron chi connectivity index (χ0n) is 14.0. The maximum absolute atomic E-state index is 13.8. The van der Waals surface area contributed by atoms with Gasteiger partial charge in [0.25, 0.3) is 0 Å². The third-order valence-corrected chi connectivity index (χ3v) is 5.15. The fourth-order valence-electron chi connectivity index (χ4n) is 3.66. The van der Waals surface area contributed by atoms with Crippen LogP contribution in [-0.4, -0.2) is 19.8 Å². The lowest BCUT2D eigenvalue weighted by Gasteiger charge is -2.37. The first kappa shape index (κ1) is 18.5. The number of benzene rings is 1. The molecule has 1 aliphatic heterocycles. The summed E-state index contributed by atoms with van der Waals surface area (Å²) in [6.45, 7) is -0.120. The summed E-state index contributed by atoms with van der Waals surface area (Å²) in [5.74, 6) is -1.91. The molecule has 0 spiro atoms. The van der Waals surface area contributed by atoms with Gasteiger partial charge in [-0.3, -0.25) is 0 Å². The maximum atomic E-state index is 13.8. The first-order valence-electron chi connectivity index (χ1n) is 8.61. The van der Waals surface area contributed by atoms with Crippen molar-refractivity contribution in [2.24, 2.45) is 17.8 Å². The third-order valence-electron chi connectivity index (χ3n) is 5.15. The van der Waals surface area contributed by atoms with Gasteiger partial charge >= 0.3 is 6.61 Å². The Morgan fingerprint density at radius 3 is 2.04 bits per heavy atom. The first-order chi connectivity index (χ1) is 11.9. The van der Waals surface area contributed by atoms with Crippen LogP contribution in [0.1, 0.15) is 44.5 Å². The monoisotopic (exact) mass is 362 g/mol. The topological polar surface area (TPSA) is 27.7 Å². The molecule has 0 amide bonds. The summed E-state index contributed by atoms with van der Waals surface area (Å²) in [5.41, 5.74) is 0.118. The average molecular weight is 362 g/mol. The summed E-state index contributed by atoms with van der Waals surface area (Å²) in [6, 6.07) is 1.82. The number of hydrogen-bond donors (Lipinski definition) is 0. The molecule has 0 atom stereocenters. The van der Waals surface area contributed by atoms with Crippen LogP contribution in [0.15, 0.2) is 12.1 Å². The SMILES string of the molecule is CC1CCC(C2COC(c3cc(F)c(OC(F)F)c(F)c3)OC2)CC1. The van der Waals surface area contributed by atoms with Crippen LogP contribution < -0.4 is 4.74 Å². The van der Waals surface area contributed by atoms with Gasteiger partial charge in [-0.2, -0.15) is 8.78 Å². The Labute approximate surface area is 144 Å². The second kappa shape index (κ2) is 7.91. The van der Waals surface area contributed by atoms with Crippen LogP contribution in [0.4, 0.5) is 17.6 Å². The molecule has 140 valence electrons. The Morgan fingerprint density at radius 1 is 0.960 bits per heavy atom. The smallest absolute Gasteiger partial charge is 0.387 e. The van der Waals surface area contributed by atoms with E-state index in [2.05, 4.69) is 11.7 Å². The minimum atomic E-state index is -3.30. The van der Waals surface area contributed by atoms with Gasteiger partial charge in [-0.15, -0.1) is 0 Å². The van der Waals surface area contributed by atoms with Crippen LogP contribution >= 0.6 is 0 Å². The van der Waals surface area contributed by atoms with E-state index in [4.69, 9.17) is 9.47 Å². The van der Waals surface area contributed by atoms with Crippen molar-refractivity contribution in [2.75, 3.05) is 13.2 Å². The van der Waals surface area contributed by atoms with Crippen LogP contribution in [0.2, 0.25) is 0 Å². The van der Waals surface area contributed by atoms with Gasteiger partial charge in [0.05, 0.1) is 13.2 Å². The Balaban J connectivity index is 1.61. The van der Waals surface area contributed by atoms with Gasteiger partial charge in [-0.1, -0.05) is 19.8 Å². The van der Waals surface area contributed by atoms with E-state index in [0.717, 1.165) is 30.9 Å². The predicted molar refractivity (Wildman–Crippen MR) is 82.2 cm³/mol. The van der Waals surface area contributed by atoms with Crippen LogP contribution in [0.5, 0.6) is 5.75 Å². The van der Waals surface area contributed by atoms with Crippen molar-refractivity contribution in [3.63, 3.8) is 0 Å². The number of rotatable bonds is 4. The van der Waals surface area contributed by atoms with Crippen molar-refractivity contribution in [1.82, 2.24) is 0 Å². The largest absolute Gasteiger partial charge is 0.429 e. The lowest BCUT2D eigenvalue weighted by Crippen LogP contribution is -2.34. The molecule has 25 heavy (non-hydrogen) atoms. The van der Waals surface area contributed by atoms with Gasteiger partial charge in [0.2, 0.25) is 0 Å². The van der Waals surface area contributed by atoms with Crippen molar-refractivity contribution in [1.29, 1.82) is 0 Å². The molecule has 3 rings (SSSR count).